The van der Waals surface area contributed by atoms with Gasteiger partial charge in [-0.15, -0.1) is 0 Å². The average Bonchev–Trinajstić information content (AvgIpc) is 3.46. The van der Waals surface area contributed by atoms with Gasteiger partial charge in [-0.2, -0.15) is 0 Å². The van der Waals surface area contributed by atoms with E-state index < -0.39 is 0 Å². The summed E-state index contributed by atoms with van der Waals surface area (Å²) in [6.45, 7) is 0.0646. The number of aromatic nitrogens is 1. The molecule has 2 atom stereocenters. The maximum Gasteiger partial charge on any atom is 0.244 e. The van der Waals surface area contributed by atoms with Crippen molar-refractivity contribution in [2.75, 3.05) is 11.9 Å². The lowest BCUT2D eigenvalue weighted by Gasteiger charge is -2.25. The van der Waals surface area contributed by atoms with Crippen LogP contribution in [0.25, 0.3) is 0 Å². The van der Waals surface area contributed by atoms with Crippen molar-refractivity contribution in [3.63, 3.8) is 0 Å². The lowest BCUT2D eigenvalue weighted by atomic mass is 10.0. The first kappa shape index (κ1) is 23.4. The number of pyridine rings is 1. The smallest absolute Gasteiger partial charge is 0.244 e. The molecule has 176 valence electrons. The van der Waals surface area contributed by atoms with Gasteiger partial charge in [0.2, 0.25) is 5.91 Å². The number of carbonyl (C=O) groups is 1. The van der Waals surface area contributed by atoms with E-state index in [0.717, 1.165) is 21.4 Å². The van der Waals surface area contributed by atoms with Crippen molar-refractivity contribution in [3.05, 3.63) is 108 Å². The van der Waals surface area contributed by atoms with Gasteiger partial charge < -0.3 is 20.0 Å². The fourth-order valence-corrected chi connectivity index (χ4v) is 5.14. The molecule has 2 N–H and O–H groups in total. The van der Waals surface area contributed by atoms with E-state index in [1.807, 2.05) is 89.8 Å². The lowest BCUT2D eigenvalue weighted by molar-refractivity contribution is -0.116. The van der Waals surface area contributed by atoms with Crippen LogP contribution >= 0.6 is 35.6 Å². The highest BCUT2D eigenvalue weighted by molar-refractivity contribution is 7.99. The number of thiocarbonyl (C=S) groups is 1. The molecule has 5 rings (SSSR count). The molecule has 35 heavy (non-hydrogen) atoms. The number of benzene rings is 2. The zero-order chi connectivity index (χ0) is 24.2. The second-order valence-electron chi connectivity index (χ2n) is 7.88. The molecular weight excluding hydrogens is 500 g/mol. The van der Waals surface area contributed by atoms with Crippen molar-refractivity contribution in [1.29, 1.82) is 0 Å². The number of rotatable bonds is 7. The van der Waals surface area contributed by atoms with E-state index in [1.165, 1.54) is 11.8 Å². The Labute approximate surface area is 217 Å². The highest BCUT2D eigenvalue weighted by Gasteiger charge is 2.42. The zero-order valence-corrected chi connectivity index (χ0v) is 20.8. The van der Waals surface area contributed by atoms with E-state index in [1.54, 1.807) is 6.20 Å². The Balaban J connectivity index is 1.41. The van der Waals surface area contributed by atoms with E-state index >= 15 is 0 Å². The molecule has 1 amide bonds. The topological polar surface area (TPSA) is 70.4 Å². The molecule has 0 radical (unpaired) electrons. The molecule has 0 spiro atoms. The van der Waals surface area contributed by atoms with E-state index in [-0.39, 0.29) is 24.5 Å². The van der Waals surface area contributed by atoms with Crippen molar-refractivity contribution in [3.8, 4) is 0 Å². The number of hydrogen-bond acceptors (Lipinski definition) is 5. The third-order valence-electron chi connectivity index (χ3n) is 5.49. The van der Waals surface area contributed by atoms with E-state index in [2.05, 4.69) is 15.6 Å². The molecular formula is C26H21ClN4O2S2. The van der Waals surface area contributed by atoms with Crippen molar-refractivity contribution in [1.82, 2.24) is 15.2 Å². The molecule has 2 aromatic carbocycles. The van der Waals surface area contributed by atoms with E-state index in [4.69, 9.17) is 28.2 Å². The number of nitrogens with one attached hydrogen (secondary N) is 2. The van der Waals surface area contributed by atoms with Crippen molar-refractivity contribution < 1.29 is 9.21 Å². The molecule has 0 saturated carbocycles. The number of para-hydroxylation sites is 1. The van der Waals surface area contributed by atoms with Gasteiger partial charge in [0, 0.05) is 21.8 Å². The van der Waals surface area contributed by atoms with Gasteiger partial charge in [-0.25, -0.2) is 0 Å². The number of nitrogens with zero attached hydrogens (tertiary/aromatic N) is 2. The zero-order valence-electron chi connectivity index (χ0n) is 18.4. The number of amides is 1. The predicted octanol–water partition coefficient (Wildman–Crippen LogP) is 6.09. The summed E-state index contributed by atoms with van der Waals surface area (Å²) >= 11 is 13.2. The number of carbonyl (C=O) groups excluding carboxylic acids is 1. The lowest BCUT2D eigenvalue weighted by Crippen LogP contribution is -2.36. The second-order valence-corrected chi connectivity index (χ2v) is 9.78. The number of hydrogen-bond donors (Lipinski definition) is 2. The molecule has 4 aromatic rings. The molecule has 1 fully saturated rings. The summed E-state index contributed by atoms with van der Waals surface area (Å²) in [6, 6.07) is 25.9. The van der Waals surface area contributed by atoms with Gasteiger partial charge in [0.25, 0.3) is 0 Å². The number of furan rings is 1. The highest BCUT2D eigenvalue weighted by Crippen LogP contribution is 2.41. The van der Waals surface area contributed by atoms with Crippen LogP contribution < -0.4 is 10.6 Å². The maximum absolute atomic E-state index is 12.9. The van der Waals surface area contributed by atoms with Crippen molar-refractivity contribution >= 4 is 52.3 Å². The maximum atomic E-state index is 12.9. The molecule has 3 heterocycles. The quantitative estimate of drug-likeness (QED) is 0.286. The molecule has 0 unspecified atom stereocenters. The van der Waals surface area contributed by atoms with Crippen LogP contribution in [-0.2, 0) is 4.79 Å². The number of halogens is 1. The SMILES string of the molecule is O=C(CN1C(=S)N[C@H](c2ccccn2)[C@@H]1c1ccc(Sc2ccc(Cl)cc2)o1)Nc1ccccc1. The Morgan fingerprint density at radius 1 is 1.06 bits per heavy atom. The van der Waals surface area contributed by atoms with Crippen LogP contribution in [0.4, 0.5) is 5.69 Å². The Morgan fingerprint density at radius 3 is 2.57 bits per heavy atom. The molecule has 0 aliphatic carbocycles. The van der Waals surface area contributed by atoms with Gasteiger partial charge in [0.15, 0.2) is 10.2 Å². The van der Waals surface area contributed by atoms with Gasteiger partial charge in [0.1, 0.15) is 18.3 Å². The van der Waals surface area contributed by atoms with Crippen molar-refractivity contribution in [2.24, 2.45) is 0 Å². The van der Waals surface area contributed by atoms with Crippen LogP contribution in [-0.4, -0.2) is 27.4 Å². The molecule has 0 bridgehead atoms. The first-order chi connectivity index (χ1) is 17.1. The average molecular weight is 521 g/mol. The molecule has 1 aliphatic rings. The van der Waals surface area contributed by atoms with Crippen LogP contribution in [0.5, 0.6) is 0 Å². The summed E-state index contributed by atoms with van der Waals surface area (Å²) in [7, 11) is 0. The number of anilines is 1. The first-order valence-electron chi connectivity index (χ1n) is 10.9. The third kappa shape index (κ3) is 5.51. The van der Waals surface area contributed by atoms with Gasteiger partial charge in [0.05, 0.1) is 11.7 Å². The molecule has 9 heteroatoms. The van der Waals surface area contributed by atoms with Crippen molar-refractivity contribution in [2.45, 2.75) is 22.1 Å². The van der Waals surface area contributed by atoms with E-state index in [9.17, 15) is 4.79 Å². The Morgan fingerprint density at radius 2 is 1.83 bits per heavy atom. The van der Waals surface area contributed by atoms with Gasteiger partial charge in [-0.3, -0.25) is 9.78 Å². The summed E-state index contributed by atoms with van der Waals surface area (Å²) < 4.78 is 6.26. The third-order valence-corrected chi connectivity index (χ3v) is 7.03. The standard InChI is InChI=1S/C26H21ClN4O2S2/c27-17-9-11-19(12-10-17)35-23-14-13-21(33-23)25-24(20-8-4-5-15-28-20)30-26(34)31(25)16-22(32)29-18-6-2-1-3-7-18/h1-15,24-25H,16H2,(H,29,32)(H,30,34)/t24-,25+/m1/s1. The summed E-state index contributed by atoms with van der Waals surface area (Å²) in [6.07, 6.45) is 1.74. The predicted molar refractivity (Wildman–Crippen MR) is 142 cm³/mol. The monoisotopic (exact) mass is 520 g/mol. The first-order valence-corrected chi connectivity index (χ1v) is 12.5. The van der Waals surface area contributed by atoms with Crippen LogP contribution in [0.15, 0.2) is 106 Å². The largest absolute Gasteiger partial charge is 0.452 e. The van der Waals surface area contributed by atoms with Gasteiger partial charge in [-0.05, 0) is 72.9 Å². The fraction of sp³-hybridized carbons (Fsp3) is 0.115. The Bertz CT molecular complexity index is 1320. The minimum Gasteiger partial charge on any atom is -0.452 e. The van der Waals surface area contributed by atoms with Gasteiger partial charge in [-0.1, -0.05) is 47.6 Å². The summed E-state index contributed by atoms with van der Waals surface area (Å²) in [5.74, 6) is 0.520. The van der Waals surface area contributed by atoms with Gasteiger partial charge >= 0.3 is 0 Å². The summed E-state index contributed by atoms with van der Waals surface area (Å²) in [5.41, 5.74) is 1.54. The summed E-state index contributed by atoms with van der Waals surface area (Å²) in [4.78, 5) is 20.3. The van der Waals surface area contributed by atoms with Crippen LogP contribution in [0.2, 0.25) is 5.02 Å². The summed E-state index contributed by atoms with van der Waals surface area (Å²) in [5, 5.41) is 8.15. The highest BCUT2D eigenvalue weighted by atomic mass is 35.5. The molecule has 6 nitrogen and oxygen atoms in total. The molecule has 2 aromatic heterocycles. The Hall–Kier alpha value is -3.33. The second kappa shape index (κ2) is 10.5. The molecule has 1 aliphatic heterocycles. The van der Waals surface area contributed by atoms with Crippen LogP contribution in [0.3, 0.4) is 0 Å². The fourth-order valence-electron chi connectivity index (χ4n) is 3.93. The normalized spacial score (nSPS) is 17.3. The Kier molecular flexibility index (Phi) is 7.03. The minimum atomic E-state index is -0.349. The molecule has 1 saturated heterocycles. The van der Waals surface area contributed by atoms with E-state index in [0.29, 0.717) is 15.9 Å². The van der Waals surface area contributed by atoms with Crippen LogP contribution in [0.1, 0.15) is 23.5 Å². The van der Waals surface area contributed by atoms with Crippen LogP contribution in [0, 0.1) is 0 Å². The minimum absolute atomic E-state index is 0.0646.